The lowest BCUT2D eigenvalue weighted by Gasteiger charge is -2.27. The number of halogens is 2. The number of aldehydes is 1. The van der Waals surface area contributed by atoms with Crippen LogP contribution < -0.4 is 0 Å². The van der Waals surface area contributed by atoms with E-state index in [0.29, 0.717) is 16.0 Å². The van der Waals surface area contributed by atoms with Crippen LogP contribution >= 0.6 is 23.2 Å². The summed E-state index contributed by atoms with van der Waals surface area (Å²) in [5.74, 6) is 0.685. The predicted octanol–water partition coefficient (Wildman–Crippen LogP) is 4.47. The SMILES string of the molecule is O=CC(CC1CCC1)c1ccc(Cl)c(Cl)c1. The molecule has 1 saturated carbocycles. The van der Waals surface area contributed by atoms with E-state index >= 15 is 0 Å². The molecule has 0 N–H and O–H groups in total. The summed E-state index contributed by atoms with van der Waals surface area (Å²) >= 11 is 11.8. The molecule has 0 radical (unpaired) electrons. The molecule has 1 atom stereocenters. The Labute approximate surface area is 106 Å². The average Bonchev–Trinajstić information content (AvgIpc) is 2.21. The minimum atomic E-state index is -0.0277. The maximum absolute atomic E-state index is 11.1. The van der Waals surface area contributed by atoms with Crippen LogP contribution in [0.15, 0.2) is 18.2 Å². The Morgan fingerprint density at radius 2 is 2.06 bits per heavy atom. The molecule has 0 aliphatic heterocycles. The van der Waals surface area contributed by atoms with Gasteiger partial charge in [-0.05, 0) is 30.0 Å². The first-order valence-electron chi connectivity index (χ1n) is 5.61. The first kappa shape index (κ1) is 11.9. The molecule has 1 nitrogen and oxygen atoms in total. The summed E-state index contributed by atoms with van der Waals surface area (Å²) in [7, 11) is 0. The molecule has 0 amide bonds. The van der Waals surface area contributed by atoms with E-state index in [0.717, 1.165) is 18.3 Å². The van der Waals surface area contributed by atoms with Gasteiger partial charge >= 0.3 is 0 Å². The molecule has 1 fully saturated rings. The zero-order chi connectivity index (χ0) is 11.5. The highest BCUT2D eigenvalue weighted by molar-refractivity contribution is 6.42. The lowest BCUT2D eigenvalue weighted by atomic mass is 9.78. The fourth-order valence-corrected chi connectivity index (χ4v) is 2.41. The Morgan fingerprint density at radius 3 is 2.56 bits per heavy atom. The van der Waals surface area contributed by atoms with Gasteiger partial charge in [-0.15, -0.1) is 0 Å². The number of hydrogen-bond donors (Lipinski definition) is 0. The monoisotopic (exact) mass is 256 g/mol. The van der Waals surface area contributed by atoms with Crippen LogP contribution in [0, 0.1) is 5.92 Å². The van der Waals surface area contributed by atoms with E-state index in [1.54, 1.807) is 6.07 Å². The smallest absolute Gasteiger partial charge is 0.127 e. The lowest BCUT2D eigenvalue weighted by Crippen LogP contribution is -2.15. The van der Waals surface area contributed by atoms with E-state index in [2.05, 4.69) is 0 Å². The van der Waals surface area contributed by atoms with Crippen molar-refractivity contribution < 1.29 is 4.79 Å². The van der Waals surface area contributed by atoms with Gasteiger partial charge in [-0.25, -0.2) is 0 Å². The standard InChI is InChI=1S/C13H14Cl2O/c14-12-5-4-10(7-13(12)15)11(8-16)6-9-2-1-3-9/h4-5,7-9,11H,1-3,6H2. The average molecular weight is 257 g/mol. The Bertz CT molecular complexity index is 386. The van der Waals surface area contributed by atoms with E-state index < -0.39 is 0 Å². The molecule has 0 heterocycles. The van der Waals surface area contributed by atoms with Gasteiger partial charge in [-0.2, -0.15) is 0 Å². The molecule has 1 aromatic carbocycles. The minimum absolute atomic E-state index is 0.0277. The fraction of sp³-hybridized carbons (Fsp3) is 0.462. The van der Waals surface area contributed by atoms with Gasteiger partial charge in [0.1, 0.15) is 6.29 Å². The largest absolute Gasteiger partial charge is 0.303 e. The Kier molecular flexibility index (Phi) is 3.88. The van der Waals surface area contributed by atoms with Crippen LogP contribution in [0.5, 0.6) is 0 Å². The number of hydrogen-bond acceptors (Lipinski definition) is 1. The van der Waals surface area contributed by atoms with Gasteiger partial charge in [0.15, 0.2) is 0 Å². The molecule has 1 aromatic rings. The highest BCUT2D eigenvalue weighted by Crippen LogP contribution is 2.36. The number of rotatable bonds is 4. The van der Waals surface area contributed by atoms with Crippen molar-refractivity contribution in [1.82, 2.24) is 0 Å². The van der Waals surface area contributed by atoms with Crippen LogP contribution in [0.4, 0.5) is 0 Å². The van der Waals surface area contributed by atoms with E-state index in [4.69, 9.17) is 23.2 Å². The minimum Gasteiger partial charge on any atom is -0.303 e. The third-order valence-electron chi connectivity index (χ3n) is 3.35. The normalized spacial score (nSPS) is 17.9. The summed E-state index contributed by atoms with van der Waals surface area (Å²) in [5, 5.41) is 1.07. The molecule has 0 bridgehead atoms. The maximum atomic E-state index is 11.1. The van der Waals surface area contributed by atoms with Crippen LogP contribution in [0.2, 0.25) is 10.0 Å². The maximum Gasteiger partial charge on any atom is 0.127 e. The summed E-state index contributed by atoms with van der Waals surface area (Å²) in [6.07, 6.45) is 5.79. The summed E-state index contributed by atoms with van der Waals surface area (Å²) in [4.78, 5) is 11.1. The second kappa shape index (κ2) is 5.20. The van der Waals surface area contributed by atoms with E-state index in [1.165, 1.54) is 19.3 Å². The van der Waals surface area contributed by atoms with Crippen molar-refractivity contribution in [2.75, 3.05) is 0 Å². The quantitative estimate of drug-likeness (QED) is 0.727. The van der Waals surface area contributed by atoms with Gasteiger partial charge < -0.3 is 4.79 Å². The Hall–Kier alpha value is -0.530. The first-order chi connectivity index (χ1) is 7.70. The van der Waals surface area contributed by atoms with Crippen molar-refractivity contribution in [3.63, 3.8) is 0 Å². The highest BCUT2D eigenvalue weighted by atomic mass is 35.5. The van der Waals surface area contributed by atoms with Gasteiger partial charge in [0.2, 0.25) is 0 Å². The van der Waals surface area contributed by atoms with Crippen molar-refractivity contribution in [1.29, 1.82) is 0 Å². The molecule has 0 aromatic heterocycles. The molecule has 16 heavy (non-hydrogen) atoms. The van der Waals surface area contributed by atoms with Gasteiger partial charge in [0.25, 0.3) is 0 Å². The third kappa shape index (κ3) is 2.58. The zero-order valence-corrected chi connectivity index (χ0v) is 10.5. The highest BCUT2D eigenvalue weighted by Gasteiger charge is 2.23. The van der Waals surface area contributed by atoms with Gasteiger partial charge in [0, 0.05) is 5.92 Å². The molecule has 0 saturated heterocycles. The third-order valence-corrected chi connectivity index (χ3v) is 4.09. The number of benzene rings is 1. The number of carbonyl (C=O) groups excluding carboxylic acids is 1. The molecule has 2 rings (SSSR count). The lowest BCUT2D eigenvalue weighted by molar-refractivity contribution is -0.109. The van der Waals surface area contributed by atoms with E-state index in [-0.39, 0.29) is 5.92 Å². The van der Waals surface area contributed by atoms with Crippen molar-refractivity contribution >= 4 is 29.5 Å². The number of carbonyl (C=O) groups is 1. The van der Waals surface area contributed by atoms with Crippen LogP contribution in [0.25, 0.3) is 0 Å². The summed E-state index contributed by atoms with van der Waals surface area (Å²) in [6, 6.07) is 5.46. The van der Waals surface area contributed by atoms with Crippen molar-refractivity contribution in [2.24, 2.45) is 5.92 Å². The molecular formula is C13H14Cl2O. The second-order valence-corrected chi connectivity index (χ2v) is 5.26. The van der Waals surface area contributed by atoms with Crippen LogP contribution in [0.3, 0.4) is 0 Å². The molecule has 1 aliphatic carbocycles. The molecule has 86 valence electrons. The molecule has 0 spiro atoms. The van der Waals surface area contributed by atoms with Gasteiger partial charge in [-0.3, -0.25) is 0 Å². The molecule has 3 heteroatoms. The summed E-state index contributed by atoms with van der Waals surface area (Å²) in [5.41, 5.74) is 0.983. The molecule has 1 aliphatic rings. The molecular weight excluding hydrogens is 243 g/mol. The van der Waals surface area contributed by atoms with Crippen LogP contribution in [0.1, 0.15) is 37.2 Å². The second-order valence-electron chi connectivity index (χ2n) is 4.45. The van der Waals surface area contributed by atoms with Crippen LogP contribution in [-0.4, -0.2) is 6.29 Å². The van der Waals surface area contributed by atoms with Crippen LogP contribution in [-0.2, 0) is 4.79 Å². The van der Waals surface area contributed by atoms with Gasteiger partial charge in [-0.1, -0.05) is 48.5 Å². The zero-order valence-electron chi connectivity index (χ0n) is 8.96. The summed E-state index contributed by atoms with van der Waals surface area (Å²) in [6.45, 7) is 0. The first-order valence-corrected chi connectivity index (χ1v) is 6.36. The molecule has 1 unspecified atom stereocenters. The van der Waals surface area contributed by atoms with E-state index in [9.17, 15) is 4.79 Å². The van der Waals surface area contributed by atoms with Crippen molar-refractivity contribution in [2.45, 2.75) is 31.6 Å². The van der Waals surface area contributed by atoms with Gasteiger partial charge in [0.05, 0.1) is 10.0 Å². The predicted molar refractivity (Wildman–Crippen MR) is 67.2 cm³/mol. The summed E-state index contributed by atoms with van der Waals surface area (Å²) < 4.78 is 0. The topological polar surface area (TPSA) is 17.1 Å². The van der Waals surface area contributed by atoms with Crippen molar-refractivity contribution in [3.8, 4) is 0 Å². The Balaban J connectivity index is 2.12. The Morgan fingerprint density at radius 1 is 1.31 bits per heavy atom. The van der Waals surface area contributed by atoms with Crippen molar-refractivity contribution in [3.05, 3.63) is 33.8 Å². The fourth-order valence-electron chi connectivity index (χ4n) is 2.10. The van der Waals surface area contributed by atoms with E-state index in [1.807, 2.05) is 12.1 Å².